The van der Waals surface area contributed by atoms with E-state index < -0.39 is 15.8 Å². The summed E-state index contributed by atoms with van der Waals surface area (Å²) in [5.74, 6) is 0. The molecule has 60 valence electrons. The van der Waals surface area contributed by atoms with Gasteiger partial charge in [0, 0.05) is 4.91 Å². The number of hydrogen-bond acceptors (Lipinski definition) is 2. The quantitative estimate of drug-likeness (QED) is 0.393. The summed E-state index contributed by atoms with van der Waals surface area (Å²) in [6, 6.07) is 0. The van der Waals surface area contributed by atoms with Crippen molar-refractivity contribution in [2.24, 2.45) is 0 Å². The minimum Gasteiger partial charge on any atom is -0.259 e. The van der Waals surface area contributed by atoms with Crippen LogP contribution in [0.3, 0.4) is 0 Å². The van der Waals surface area contributed by atoms with Crippen molar-refractivity contribution in [2.75, 3.05) is 0 Å². The zero-order chi connectivity index (χ0) is 8.27. The number of rotatable bonds is 2. The molecule has 3 nitrogen and oxygen atoms in total. The molecule has 0 unspecified atom stereocenters. The highest BCUT2D eigenvalue weighted by Gasteiger charge is 2.04. The summed E-state index contributed by atoms with van der Waals surface area (Å²) in [4.78, 5) is 10.5. The highest BCUT2D eigenvalue weighted by atomic mass is 32.2. The number of hydrogen-bond donors (Lipinski definition) is 1. The van der Waals surface area contributed by atoms with E-state index in [-0.39, 0.29) is 0 Å². The molecule has 0 spiro atoms. The van der Waals surface area contributed by atoms with Crippen LogP contribution >= 0.6 is 10.9 Å². The van der Waals surface area contributed by atoms with Crippen LogP contribution in [0.2, 0.25) is 0 Å². The van der Waals surface area contributed by atoms with Crippen molar-refractivity contribution < 1.29 is 4.92 Å². The van der Waals surface area contributed by atoms with Crippen LogP contribution in [0.5, 0.6) is 0 Å². The Morgan fingerprint density at radius 1 is 1.55 bits per heavy atom. The first-order chi connectivity index (χ1) is 5.20. The molecule has 0 N–H and O–H groups in total. The second-order valence-corrected chi connectivity index (χ2v) is 4.26. The molecule has 1 aliphatic heterocycles. The maximum absolute atomic E-state index is 10.1. The smallest absolute Gasteiger partial charge is 0.242 e. The van der Waals surface area contributed by atoms with Crippen LogP contribution in [0, 0.1) is 10.1 Å². The fourth-order valence-corrected chi connectivity index (χ4v) is 2.16. The number of thiol groups is 1. The molecule has 1 rings (SSSR count). The van der Waals surface area contributed by atoms with Crippen LogP contribution in [0.25, 0.3) is 0 Å². The van der Waals surface area contributed by atoms with E-state index in [0.29, 0.717) is 0 Å². The van der Waals surface area contributed by atoms with Gasteiger partial charge in [-0.1, -0.05) is 12.2 Å². The maximum atomic E-state index is 10.1. The Morgan fingerprint density at radius 3 is 2.55 bits per heavy atom. The Morgan fingerprint density at radius 2 is 2.09 bits per heavy atom. The maximum Gasteiger partial charge on any atom is 0.242 e. The molecule has 0 aromatic heterocycles. The van der Waals surface area contributed by atoms with Gasteiger partial charge in [0.05, 0.1) is 4.92 Å². The van der Waals surface area contributed by atoms with Crippen molar-refractivity contribution in [3.63, 3.8) is 0 Å². The largest absolute Gasteiger partial charge is 0.259 e. The molecule has 0 aromatic rings. The van der Waals surface area contributed by atoms with Gasteiger partial charge in [-0.15, -0.1) is 0 Å². The minimum absolute atomic E-state index is 0.405. The van der Waals surface area contributed by atoms with Gasteiger partial charge in [0.1, 0.15) is 0 Å². The van der Waals surface area contributed by atoms with Gasteiger partial charge in [-0.25, -0.2) is 0 Å². The summed E-state index contributed by atoms with van der Waals surface area (Å²) in [6.07, 6.45) is 4.91. The molecule has 1 heterocycles. The lowest BCUT2D eigenvalue weighted by Gasteiger charge is -2.05. The van der Waals surface area contributed by atoms with E-state index in [2.05, 4.69) is 0 Å². The highest BCUT2D eigenvalue weighted by molar-refractivity contribution is 8.25. The van der Waals surface area contributed by atoms with Crippen LogP contribution in [0.1, 0.15) is 6.92 Å². The lowest BCUT2D eigenvalue weighted by Crippen LogP contribution is -1.85. The normalized spacial score (nSPS) is 19.4. The van der Waals surface area contributed by atoms with Gasteiger partial charge in [0.25, 0.3) is 0 Å². The van der Waals surface area contributed by atoms with Crippen molar-refractivity contribution in [3.8, 4) is 0 Å². The zero-order valence-corrected chi connectivity index (χ0v) is 6.99. The minimum atomic E-state index is -0.481. The van der Waals surface area contributed by atoms with E-state index in [1.54, 1.807) is 6.92 Å². The summed E-state index contributed by atoms with van der Waals surface area (Å²) >= 11 is 0. The first kappa shape index (κ1) is 8.07. The third kappa shape index (κ3) is 2.23. The first-order valence-corrected chi connectivity index (χ1v) is 4.63. The Labute approximate surface area is 67.6 Å². The predicted octanol–water partition coefficient (Wildman–Crippen LogP) is 2.17. The first-order valence-electron chi connectivity index (χ1n) is 3.15. The van der Waals surface area contributed by atoms with Gasteiger partial charge in [-0.3, -0.25) is 10.1 Å². The van der Waals surface area contributed by atoms with E-state index in [1.165, 1.54) is 0 Å². The fraction of sp³-hybridized carbons (Fsp3) is 0.143. The second-order valence-electron chi connectivity index (χ2n) is 2.15. The number of allylic oxidation sites excluding steroid dienone is 3. The molecule has 1 aliphatic rings. The van der Waals surface area contributed by atoms with Crippen molar-refractivity contribution in [1.82, 2.24) is 0 Å². The highest BCUT2D eigenvalue weighted by Crippen LogP contribution is 2.40. The molecule has 0 aromatic carbocycles. The molecule has 0 radical (unpaired) electrons. The Hall–Kier alpha value is -1.03. The van der Waals surface area contributed by atoms with Crippen molar-refractivity contribution in [3.05, 3.63) is 44.2 Å². The summed E-state index contributed by atoms with van der Waals surface area (Å²) in [5.41, 5.74) is 0. The van der Waals surface area contributed by atoms with Crippen LogP contribution in [0.15, 0.2) is 34.1 Å². The average Bonchev–Trinajstić information content (AvgIpc) is 2.35. The van der Waals surface area contributed by atoms with Crippen LogP contribution in [-0.2, 0) is 0 Å². The Balaban J connectivity index is 2.67. The zero-order valence-electron chi connectivity index (χ0n) is 6.10. The van der Waals surface area contributed by atoms with Crippen molar-refractivity contribution in [1.29, 1.82) is 0 Å². The molecule has 0 saturated heterocycles. The Kier molecular flexibility index (Phi) is 2.48. The van der Waals surface area contributed by atoms with Crippen LogP contribution in [-0.4, -0.2) is 4.92 Å². The number of nitrogens with zero attached hydrogens (tertiary/aromatic N) is 1. The van der Waals surface area contributed by atoms with Gasteiger partial charge in [0.2, 0.25) is 6.20 Å². The molecular formula is C7H9NO2S. The van der Waals surface area contributed by atoms with E-state index in [4.69, 9.17) is 0 Å². The van der Waals surface area contributed by atoms with Gasteiger partial charge >= 0.3 is 0 Å². The van der Waals surface area contributed by atoms with Crippen LogP contribution in [0.4, 0.5) is 0 Å². The third-order valence-corrected chi connectivity index (χ3v) is 3.22. The van der Waals surface area contributed by atoms with E-state index >= 15 is 0 Å². The summed E-state index contributed by atoms with van der Waals surface area (Å²) in [7, 11) is -0.481. The molecular weight excluding hydrogens is 162 g/mol. The molecule has 0 atom stereocenters. The number of nitro groups is 1. The third-order valence-electron chi connectivity index (χ3n) is 1.30. The van der Waals surface area contributed by atoms with Gasteiger partial charge in [-0.2, -0.15) is 10.9 Å². The summed E-state index contributed by atoms with van der Waals surface area (Å²) in [5, 5.41) is 14.0. The van der Waals surface area contributed by atoms with Gasteiger partial charge in [0.15, 0.2) is 0 Å². The standard InChI is InChI=1S/C7H9NO2S/c1-7(6-8(9)10)11-4-2-3-5-11/h2-6,11H,1H3. The lowest BCUT2D eigenvalue weighted by atomic mass is 10.6. The molecule has 0 saturated carbocycles. The Bertz CT molecular complexity index is 243. The van der Waals surface area contributed by atoms with E-state index in [1.807, 2.05) is 23.0 Å². The average molecular weight is 171 g/mol. The topological polar surface area (TPSA) is 43.1 Å². The SMILES string of the molecule is CC(=C[N+](=O)[O-])[SH]1C=CC=C1. The lowest BCUT2D eigenvalue weighted by molar-refractivity contribution is -0.402. The molecule has 0 fully saturated rings. The fourth-order valence-electron chi connectivity index (χ4n) is 0.789. The van der Waals surface area contributed by atoms with Gasteiger partial charge < -0.3 is 0 Å². The van der Waals surface area contributed by atoms with Gasteiger partial charge in [-0.05, 0) is 17.7 Å². The second kappa shape index (κ2) is 3.39. The molecule has 0 aliphatic carbocycles. The van der Waals surface area contributed by atoms with Crippen molar-refractivity contribution in [2.45, 2.75) is 6.92 Å². The molecule has 0 bridgehead atoms. The molecule has 0 amide bonds. The molecule has 11 heavy (non-hydrogen) atoms. The van der Waals surface area contributed by atoms with Crippen molar-refractivity contribution >= 4 is 10.9 Å². The monoisotopic (exact) mass is 171 g/mol. The van der Waals surface area contributed by atoms with Crippen LogP contribution < -0.4 is 0 Å². The summed E-state index contributed by atoms with van der Waals surface area (Å²) in [6.45, 7) is 1.79. The summed E-state index contributed by atoms with van der Waals surface area (Å²) < 4.78 is 0. The molecule has 4 heteroatoms. The predicted molar refractivity (Wildman–Crippen MR) is 48.0 cm³/mol. The van der Waals surface area contributed by atoms with E-state index in [0.717, 1.165) is 11.1 Å². The van der Waals surface area contributed by atoms with E-state index in [9.17, 15) is 10.1 Å².